The second-order valence-corrected chi connectivity index (χ2v) is 3.01. The maximum Gasteiger partial charge on any atom is 0.404 e. The standard InChI is InChI=1S/C8H13NO6/c10-6(11)3-1-5(9-8(14)15)2-4-7(12)13/h5,9H,1-4H2,(H,10,11)(H,12,13)(H,14,15). The Hall–Kier alpha value is -1.79. The smallest absolute Gasteiger partial charge is 0.404 e. The van der Waals surface area contributed by atoms with Gasteiger partial charge in [-0.05, 0) is 12.8 Å². The first-order chi connectivity index (χ1) is 6.91. The maximum absolute atomic E-state index is 10.3. The Balaban J connectivity index is 3.99. The number of amides is 1. The van der Waals surface area contributed by atoms with Gasteiger partial charge in [-0.15, -0.1) is 0 Å². The third kappa shape index (κ3) is 8.54. The molecule has 0 saturated carbocycles. The molecule has 0 aliphatic carbocycles. The first-order valence-corrected chi connectivity index (χ1v) is 4.35. The average Bonchev–Trinajstić information content (AvgIpc) is 2.08. The summed E-state index contributed by atoms with van der Waals surface area (Å²) >= 11 is 0. The Morgan fingerprint density at radius 1 is 0.933 bits per heavy atom. The van der Waals surface area contributed by atoms with Crippen LogP contribution in [0.4, 0.5) is 4.79 Å². The molecule has 0 rings (SSSR count). The predicted octanol–water partition coefficient (Wildman–Crippen LogP) is 0.352. The maximum atomic E-state index is 10.3. The Labute approximate surface area is 85.7 Å². The van der Waals surface area contributed by atoms with Crippen LogP contribution in [0.1, 0.15) is 25.7 Å². The Kier molecular flexibility index (Phi) is 5.84. The van der Waals surface area contributed by atoms with Gasteiger partial charge in [0.2, 0.25) is 0 Å². The Morgan fingerprint density at radius 3 is 1.60 bits per heavy atom. The van der Waals surface area contributed by atoms with E-state index >= 15 is 0 Å². The Morgan fingerprint density at radius 2 is 1.33 bits per heavy atom. The van der Waals surface area contributed by atoms with Gasteiger partial charge in [-0.2, -0.15) is 0 Å². The van der Waals surface area contributed by atoms with Crippen molar-refractivity contribution in [2.24, 2.45) is 0 Å². The molecule has 0 aromatic rings. The summed E-state index contributed by atoms with van der Waals surface area (Å²) in [5, 5.41) is 27.3. The molecule has 0 aromatic carbocycles. The summed E-state index contributed by atoms with van der Waals surface area (Å²) in [6.07, 6.45) is -1.48. The van der Waals surface area contributed by atoms with Gasteiger partial charge >= 0.3 is 18.0 Å². The van der Waals surface area contributed by atoms with Crippen molar-refractivity contribution in [1.29, 1.82) is 0 Å². The lowest BCUT2D eigenvalue weighted by Crippen LogP contribution is -2.34. The lowest BCUT2D eigenvalue weighted by atomic mass is 10.1. The van der Waals surface area contributed by atoms with Crippen molar-refractivity contribution in [1.82, 2.24) is 5.32 Å². The monoisotopic (exact) mass is 219 g/mol. The Bertz CT molecular complexity index is 234. The SMILES string of the molecule is O=C(O)CCC(CCC(=O)O)NC(=O)O. The number of carbonyl (C=O) groups is 3. The number of aliphatic carboxylic acids is 2. The van der Waals surface area contributed by atoms with Gasteiger partial charge in [-0.3, -0.25) is 9.59 Å². The third-order valence-corrected chi connectivity index (χ3v) is 1.74. The van der Waals surface area contributed by atoms with Crippen LogP contribution in [0.5, 0.6) is 0 Å². The van der Waals surface area contributed by atoms with Crippen LogP contribution in [-0.4, -0.2) is 39.4 Å². The summed E-state index contributed by atoms with van der Waals surface area (Å²) < 4.78 is 0. The van der Waals surface area contributed by atoms with E-state index in [0.717, 1.165) is 0 Å². The highest BCUT2D eigenvalue weighted by molar-refractivity contribution is 5.68. The molecule has 0 aromatic heterocycles. The molecule has 0 heterocycles. The van der Waals surface area contributed by atoms with Crippen LogP contribution in [0.15, 0.2) is 0 Å². The number of carboxylic acid groups (broad SMARTS) is 3. The molecule has 0 bridgehead atoms. The van der Waals surface area contributed by atoms with E-state index in [1.54, 1.807) is 0 Å². The van der Waals surface area contributed by atoms with Crippen LogP contribution in [0, 0.1) is 0 Å². The van der Waals surface area contributed by atoms with Crippen LogP contribution in [-0.2, 0) is 9.59 Å². The van der Waals surface area contributed by atoms with Gasteiger partial charge < -0.3 is 20.6 Å². The molecule has 0 saturated heterocycles. The third-order valence-electron chi connectivity index (χ3n) is 1.74. The number of carboxylic acids is 2. The van der Waals surface area contributed by atoms with Crippen LogP contribution in [0.25, 0.3) is 0 Å². The highest BCUT2D eigenvalue weighted by atomic mass is 16.4. The minimum absolute atomic E-state index is 0.0922. The zero-order valence-electron chi connectivity index (χ0n) is 7.97. The van der Waals surface area contributed by atoms with Gasteiger partial charge in [0.15, 0.2) is 0 Å². The van der Waals surface area contributed by atoms with Gasteiger partial charge in [-0.25, -0.2) is 4.79 Å². The van der Waals surface area contributed by atoms with E-state index in [0.29, 0.717) is 0 Å². The van der Waals surface area contributed by atoms with Crippen molar-refractivity contribution in [3.63, 3.8) is 0 Å². The van der Waals surface area contributed by atoms with Crippen LogP contribution in [0.3, 0.4) is 0 Å². The fraction of sp³-hybridized carbons (Fsp3) is 0.625. The largest absolute Gasteiger partial charge is 0.481 e. The van der Waals surface area contributed by atoms with Gasteiger partial charge in [0, 0.05) is 18.9 Å². The molecule has 0 radical (unpaired) electrons. The van der Waals surface area contributed by atoms with Crippen LogP contribution < -0.4 is 5.32 Å². The van der Waals surface area contributed by atoms with Crippen molar-refractivity contribution in [2.45, 2.75) is 31.7 Å². The summed E-state index contributed by atoms with van der Waals surface area (Å²) in [5.41, 5.74) is 0. The van der Waals surface area contributed by atoms with E-state index in [9.17, 15) is 14.4 Å². The fourth-order valence-electron chi connectivity index (χ4n) is 1.06. The van der Waals surface area contributed by atoms with Gasteiger partial charge in [-0.1, -0.05) is 0 Å². The first-order valence-electron chi connectivity index (χ1n) is 4.35. The highest BCUT2D eigenvalue weighted by Gasteiger charge is 2.14. The number of hydrogen-bond acceptors (Lipinski definition) is 3. The summed E-state index contributed by atoms with van der Waals surface area (Å²) in [7, 11) is 0. The van der Waals surface area contributed by atoms with Crippen molar-refractivity contribution >= 4 is 18.0 Å². The molecule has 0 aliphatic heterocycles. The summed E-state index contributed by atoms with van der Waals surface area (Å²) in [6, 6.07) is -0.630. The van der Waals surface area contributed by atoms with E-state index in [2.05, 4.69) is 5.32 Å². The fourth-order valence-corrected chi connectivity index (χ4v) is 1.06. The van der Waals surface area contributed by atoms with Crippen LogP contribution >= 0.6 is 0 Å². The molecule has 1 amide bonds. The zero-order chi connectivity index (χ0) is 11.8. The predicted molar refractivity (Wildman–Crippen MR) is 48.7 cm³/mol. The molecular weight excluding hydrogens is 206 g/mol. The van der Waals surface area contributed by atoms with Crippen molar-refractivity contribution in [3.05, 3.63) is 0 Å². The number of nitrogens with one attached hydrogen (secondary N) is 1. The molecule has 7 nitrogen and oxygen atoms in total. The second-order valence-electron chi connectivity index (χ2n) is 3.01. The summed E-state index contributed by atoms with van der Waals surface area (Å²) in [4.78, 5) is 30.8. The van der Waals surface area contributed by atoms with Crippen LogP contribution in [0.2, 0.25) is 0 Å². The minimum atomic E-state index is -1.28. The van der Waals surface area contributed by atoms with E-state index in [-0.39, 0.29) is 25.7 Å². The zero-order valence-corrected chi connectivity index (χ0v) is 7.97. The average molecular weight is 219 g/mol. The molecule has 4 N–H and O–H groups in total. The molecule has 86 valence electrons. The lowest BCUT2D eigenvalue weighted by molar-refractivity contribution is -0.137. The molecule has 0 atom stereocenters. The molecular formula is C8H13NO6. The van der Waals surface area contributed by atoms with Gasteiger partial charge in [0.1, 0.15) is 0 Å². The van der Waals surface area contributed by atoms with E-state index in [1.165, 1.54) is 0 Å². The van der Waals surface area contributed by atoms with E-state index < -0.39 is 24.1 Å². The normalized spacial score (nSPS) is 9.93. The molecule has 7 heteroatoms. The molecule has 0 fully saturated rings. The lowest BCUT2D eigenvalue weighted by Gasteiger charge is -2.14. The van der Waals surface area contributed by atoms with E-state index in [4.69, 9.17) is 15.3 Å². The van der Waals surface area contributed by atoms with Crippen molar-refractivity contribution in [2.75, 3.05) is 0 Å². The number of hydrogen-bond donors (Lipinski definition) is 4. The van der Waals surface area contributed by atoms with Crippen molar-refractivity contribution < 1.29 is 29.7 Å². The quantitative estimate of drug-likeness (QED) is 0.489. The second kappa shape index (κ2) is 6.63. The van der Waals surface area contributed by atoms with Crippen molar-refractivity contribution in [3.8, 4) is 0 Å². The number of rotatable bonds is 7. The minimum Gasteiger partial charge on any atom is -0.481 e. The topological polar surface area (TPSA) is 124 Å². The first kappa shape index (κ1) is 13.2. The summed E-state index contributed by atoms with van der Waals surface area (Å²) in [5.74, 6) is -2.08. The molecule has 15 heavy (non-hydrogen) atoms. The summed E-state index contributed by atoms with van der Waals surface area (Å²) in [6.45, 7) is 0. The molecule has 0 unspecified atom stereocenters. The van der Waals surface area contributed by atoms with Gasteiger partial charge in [0.25, 0.3) is 0 Å². The molecule has 0 spiro atoms. The van der Waals surface area contributed by atoms with E-state index in [1.807, 2.05) is 0 Å². The molecule has 0 aliphatic rings. The highest BCUT2D eigenvalue weighted by Crippen LogP contribution is 2.05. The van der Waals surface area contributed by atoms with Gasteiger partial charge in [0.05, 0.1) is 0 Å².